The molecular weight excluding hydrogens is 388 g/mol. The predicted molar refractivity (Wildman–Crippen MR) is 114 cm³/mol. The number of nitrogens with two attached hydrogens (primary N) is 1. The van der Waals surface area contributed by atoms with E-state index in [0.717, 1.165) is 5.39 Å². The first-order valence-electron chi connectivity index (χ1n) is 8.98. The number of H-pyrrole nitrogens is 1. The molecule has 4 rings (SSSR count). The number of ether oxygens (including phenoxy) is 3. The van der Waals surface area contributed by atoms with Gasteiger partial charge in [0.2, 0.25) is 11.9 Å². The molecule has 10 nitrogen and oxygen atoms in total. The number of aromatic amines is 1. The molecule has 154 valence electrons. The van der Waals surface area contributed by atoms with Gasteiger partial charge < -0.3 is 19.9 Å². The lowest BCUT2D eigenvalue weighted by atomic mass is 10.1. The predicted octanol–water partition coefficient (Wildman–Crippen LogP) is 2.53. The highest BCUT2D eigenvalue weighted by atomic mass is 16.5. The molecule has 0 saturated heterocycles. The summed E-state index contributed by atoms with van der Waals surface area (Å²) in [7, 11) is 4.62. The molecule has 0 aliphatic heterocycles. The van der Waals surface area contributed by atoms with Gasteiger partial charge in [0, 0.05) is 23.2 Å². The zero-order chi connectivity index (χ0) is 21.4. The van der Waals surface area contributed by atoms with Crippen molar-refractivity contribution in [2.24, 2.45) is 0 Å². The summed E-state index contributed by atoms with van der Waals surface area (Å²) in [5.74, 6) is 1.99. The van der Waals surface area contributed by atoms with E-state index < -0.39 is 0 Å². The zero-order valence-corrected chi connectivity index (χ0v) is 16.9. The molecule has 4 N–H and O–H groups in total. The molecule has 2 aromatic heterocycles. The molecule has 0 fully saturated rings. The standard InChI is InChI=1S/C20H20N6O4/c1-9-12-7-11(28-2)8-15(30-4)16(12)23-19(22-9)26-20-24-17-13(18(27)25-20)5-10(21)6-14(17)29-3/h5-8H,21H2,1-4H3,(H2,22,23,24,25,26,27). The second-order valence-electron chi connectivity index (χ2n) is 6.52. The van der Waals surface area contributed by atoms with Crippen LogP contribution in [-0.2, 0) is 0 Å². The summed E-state index contributed by atoms with van der Waals surface area (Å²) >= 11 is 0. The number of fused-ring (bicyclic) bond motifs is 2. The molecule has 0 aliphatic rings. The second-order valence-corrected chi connectivity index (χ2v) is 6.52. The molecule has 30 heavy (non-hydrogen) atoms. The highest BCUT2D eigenvalue weighted by molar-refractivity contribution is 5.90. The van der Waals surface area contributed by atoms with Crippen molar-refractivity contribution in [2.75, 3.05) is 32.4 Å². The third-order valence-electron chi connectivity index (χ3n) is 4.63. The normalized spacial score (nSPS) is 10.9. The fourth-order valence-corrected chi connectivity index (χ4v) is 3.21. The minimum atomic E-state index is -0.368. The number of hydrogen-bond acceptors (Lipinski definition) is 9. The van der Waals surface area contributed by atoms with Crippen LogP contribution < -0.4 is 30.8 Å². The van der Waals surface area contributed by atoms with E-state index in [2.05, 4.69) is 25.3 Å². The minimum absolute atomic E-state index is 0.168. The van der Waals surface area contributed by atoms with Crippen LogP contribution in [0.25, 0.3) is 21.8 Å². The molecular formula is C20H20N6O4. The Bertz CT molecular complexity index is 1330. The van der Waals surface area contributed by atoms with Crippen molar-refractivity contribution in [3.63, 3.8) is 0 Å². The Labute approximate surface area is 171 Å². The molecule has 0 radical (unpaired) electrons. The van der Waals surface area contributed by atoms with Gasteiger partial charge >= 0.3 is 0 Å². The van der Waals surface area contributed by atoms with Crippen LogP contribution in [0.3, 0.4) is 0 Å². The van der Waals surface area contributed by atoms with E-state index in [9.17, 15) is 4.79 Å². The summed E-state index contributed by atoms with van der Waals surface area (Å²) in [6, 6.07) is 6.72. The van der Waals surface area contributed by atoms with Gasteiger partial charge in [-0.2, -0.15) is 0 Å². The zero-order valence-electron chi connectivity index (χ0n) is 16.9. The van der Waals surface area contributed by atoms with Crippen LogP contribution in [0.4, 0.5) is 17.6 Å². The first kappa shape index (κ1) is 19.2. The summed E-state index contributed by atoms with van der Waals surface area (Å²) in [6.45, 7) is 1.84. The number of hydrogen-bond donors (Lipinski definition) is 3. The van der Waals surface area contributed by atoms with Crippen molar-refractivity contribution in [3.05, 3.63) is 40.3 Å². The number of nitrogen functional groups attached to an aromatic ring is 1. The maximum Gasteiger partial charge on any atom is 0.260 e. The Hall–Kier alpha value is -4.08. The van der Waals surface area contributed by atoms with E-state index in [1.807, 2.05) is 13.0 Å². The maximum absolute atomic E-state index is 12.5. The Morgan fingerprint density at radius 2 is 1.60 bits per heavy atom. The molecule has 0 unspecified atom stereocenters. The monoisotopic (exact) mass is 408 g/mol. The number of rotatable bonds is 5. The third-order valence-corrected chi connectivity index (χ3v) is 4.63. The van der Waals surface area contributed by atoms with Gasteiger partial charge in [-0.1, -0.05) is 0 Å². The molecule has 0 aliphatic carbocycles. The first-order chi connectivity index (χ1) is 14.4. The van der Waals surface area contributed by atoms with Crippen molar-refractivity contribution < 1.29 is 14.2 Å². The average molecular weight is 408 g/mol. The average Bonchev–Trinajstić information content (AvgIpc) is 2.73. The second kappa shape index (κ2) is 7.39. The Morgan fingerprint density at radius 1 is 0.900 bits per heavy atom. The molecule has 0 bridgehead atoms. The summed E-state index contributed by atoms with van der Waals surface area (Å²) in [4.78, 5) is 28.7. The van der Waals surface area contributed by atoms with Gasteiger partial charge in [0.1, 0.15) is 28.3 Å². The van der Waals surface area contributed by atoms with E-state index in [4.69, 9.17) is 19.9 Å². The van der Waals surface area contributed by atoms with Gasteiger partial charge in [-0.05, 0) is 19.1 Å². The quantitative estimate of drug-likeness (QED) is 0.425. The number of aromatic nitrogens is 4. The van der Waals surface area contributed by atoms with Crippen molar-refractivity contribution in [3.8, 4) is 17.2 Å². The van der Waals surface area contributed by atoms with Crippen molar-refractivity contribution in [1.29, 1.82) is 0 Å². The lowest BCUT2D eigenvalue weighted by Crippen LogP contribution is -2.13. The summed E-state index contributed by atoms with van der Waals surface area (Å²) in [5, 5.41) is 4.06. The van der Waals surface area contributed by atoms with Crippen LogP contribution in [0.2, 0.25) is 0 Å². The number of nitrogens with one attached hydrogen (secondary N) is 2. The molecule has 0 saturated carbocycles. The molecule has 0 spiro atoms. The lowest BCUT2D eigenvalue weighted by Gasteiger charge is -2.12. The summed E-state index contributed by atoms with van der Waals surface area (Å²) in [6.07, 6.45) is 0. The highest BCUT2D eigenvalue weighted by Crippen LogP contribution is 2.32. The molecule has 0 atom stereocenters. The Balaban J connectivity index is 1.83. The number of methoxy groups -OCH3 is 3. The van der Waals surface area contributed by atoms with Crippen LogP contribution in [0, 0.1) is 6.92 Å². The maximum atomic E-state index is 12.5. The van der Waals surface area contributed by atoms with Crippen molar-refractivity contribution >= 4 is 39.4 Å². The highest BCUT2D eigenvalue weighted by Gasteiger charge is 2.14. The fourth-order valence-electron chi connectivity index (χ4n) is 3.21. The lowest BCUT2D eigenvalue weighted by molar-refractivity contribution is 0.397. The van der Waals surface area contributed by atoms with Gasteiger partial charge in [0.05, 0.1) is 32.4 Å². The van der Waals surface area contributed by atoms with Gasteiger partial charge in [0.25, 0.3) is 5.56 Å². The topological polar surface area (TPSA) is 137 Å². The summed E-state index contributed by atoms with van der Waals surface area (Å²) in [5.41, 5.74) is 7.54. The largest absolute Gasteiger partial charge is 0.497 e. The van der Waals surface area contributed by atoms with E-state index in [0.29, 0.717) is 45.0 Å². The first-order valence-corrected chi connectivity index (χ1v) is 8.98. The van der Waals surface area contributed by atoms with E-state index in [1.165, 1.54) is 7.11 Å². The number of aryl methyl sites for hydroxylation is 1. The van der Waals surface area contributed by atoms with Gasteiger partial charge in [-0.15, -0.1) is 0 Å². The number of anilines is 3. The third kappa shape index (κ3) is 3.28. The molecule has 4 aromatic rings. The van der Waals surface area contributed by atoms with Crippen LogP contribution in [0.5, 0.6) is 17.2 Å². The number of nitrogens with zero attached hydrogens (tertiary/aromatic N) is 3. The Morgan fingerprint density at radius 3 is 2.30 bits per heavy atom. The smallest absolute Gasteiger partial charge is 0.260 e. The fraction of sp³-hybridized carbons (Fsp3) is 0.200. The van der Waals surface area contributed by atoms with Gasteiger partial charge in [-0.25, -0.2) is 15.0 Å². The van der Waals surface area contributed by atoms with Crippen LogP contribution in [0.15, 0.2) is 29.1 Å². The molecule has 2 heterocycles. The van der Waals surface area contributed by atoms with Gasteiger partial charge in [-0.3, -0.25) is 15.1 Å². The molecule has 10 heteroatoms. The van der Waals surface area contributed by atoms with Crippen LogP contribution in [-0.4, -0.2) is 41.3 Å². The van der Waals surface area contributed by atoms with Crippen molar-refractivity contribution in [1.82, 2.24) is 19.9 Å². The molecule has 0 amide bonds. The van der Waals surface area contributed by atoms with E-state index >= 15 is 0 Å². The van der Waals surface area contributed by atoms with E-state index in [-0.39, 0.29) is 17.5 Å². The van der Waals surface area contributed by atoms with Gasteiger partial charge in [0.15, 0.2) is 0 Å². The molecule has 2 aromatic carbocycles. The van der Waals surface area contributed by atoms with Crippen LogP contribution >= 0.6 is 0 Å². The van der Waals surface area contributed by atoms with Crippen LogP contribution in [0.1, 0.15) is 5.69 Å². The van der Waals surface area contributed by atoms with Crippen molar-refractivity contribution in [2.45, 2.75) is 6.92 Å². The van der Waals surface area contributed by atoms with E-state index in [1.54, 1.807) is 32.4 Å². The minimum Gasteiger partial charge on any atom is -0.497 e. The summed E-state index contributed by atoms with van der Waals surface area (Å²) < 4.78 is 16.1. The Kier molecular flexibility index (Phi) is 4.74. The SMILES string of the molecule is COc1cc(OC)c2nc(Nc3nc4c(OC)cc(N)cc4c(=O)[nH]3)nc(C)c2c1. The number of benzene rings is 2.